The number of nitrogens with one attached hydrogen (secondary N) is 2. The van der Waals surface area contributed by atoms with Gasteiger partial charge in [0.2, 0.25) is 0 Å². The summed E-state index contributed by atoms with van der Waals surface area (Å²) in [5.41, 5.74) is 2.26. The molecule has 0 bridgehead atoms. The smallest absolute Gasteiger partial charge is 0.137 e. The molecule has 0 saturated carbocycles. The minimum atomic E-state index is 0.655. The van der Waals surface area contributed by atoms with Gasteiger partial charge in [0.05, 0.1) is 12.1 Å². The molecule has 88 valence electrons. The zero-order valence-electron chi connectivity index (χ0n) is 9.64. The van der Waals surface area contributed by atoms with E-state index in [-0.39, 0.29) is 0 Å². The van der Waals surface area contributed by atoms with Crippen LogP contribution < -0.4 is 15.4 Å². The van der Waals surface area contributed by atoms with Gasteiger partial charge in [-0.05, 0) is 24.6 Å². The molecular formula is C12H17ClN2O. The number of halogens is 1. The summed E-state index contributed by atoms with van der Waals surface area (Å²) in [4.78, 5) is 0. The molecule has 2 rings (SSSR count). The van der Waals surface area contributed by atoms with E-state index in [9.17, 15) is 0 Å². The number of hydrogen-bond donors (Lipinski definition) is 2. The second-order valence-electron chi connectivity index (χ2n) is 4.21. The van der Waals surface area contributed by atoms with E-state index in [0.717, 1.165) is 42.6 Å². The third-order valence-corrected chi connectivity index (χ3v) is 3.24. The summed E-state index contributed by atoms with van der Waals surface area (Å²) in [5.74, 6) is 1.47. The molecule has 16 heavy (non-hydrogen) atoms. The van der Waals surface area contributed by atoms with Crippen LogP contribution in [0, 0.1) is 12.8 Å². The highest BCUT2D eigenvalue weighted by molar-refractivity contribution is 6.32. The molecule has 2 N–H and O–H groups in total. The molecule has 0 aromatic heterocycles. The van der Waals surface area contributed by atoms with Crippen molar-refractivity contribution in [1.82, 2.24) is 5.32 Å². The zero-order valence-corrected chi connectivity index (χ0v) is 10.4. The van der Waals surface area contributed by atoms with Gasteiger partial charge >= 0.3 is 0 Å². The van der Waals surface area contributed by atoms with Gasteiger partial charge in [-0.1, -0.05) is 11.6 Å². The van der Waals surface area contributed by atoms with Crippen LogP contribution in [0.1, 0.15) is 5.56 Å². The highest BCUT2D eigenvalue weighted by Crippen LogP contribution is 2.30. The first-order chi connectivity index (χ1) is 7.70. The average Bonchev–Trinajstić information content (AvgIpc) is 2.20. The first-order valence-electron chi connectivity index (χ1n) is 5.49. The molecule has 0 unspecified atom stereocenters. The van der Waals surface area contributed by atoms with Crippen molar-refractivity contribution in [3.63, 3.8) is 0 Å². The fraction of sp³-hybridized carbons (Fsp3) is 0.500. The van der Waals surface area contributed by atoms with E-state index in [2.05, 4.69) is 17.6 Å². The average molecular weight is 241 g/mol. The Bertz CT molecular complexity index is 378. The molecule has 1 heterocycles. The normalized spacial score (nSPS) is 15.7. The predicted octanol–water partition coefficient (Wildman–Crippen LogP) is 2.29. The lowest BCUT2D eigenvalue weighted by Crippen LogP contribution is -2.45. The van der Waals surface area contributed by atoms with Crippen LogP contribution in [0.25, 0.3) is 0 Å². The van der Waals surface area contributed by atoms with Crippen molar-refractivity contribution in [2.24, 2.45) is 5.92 Å². The van der Waals surface area contributed by atoms with E-state index < -0.39 is 0 Å². The van der Waals surface area contributed by atoms with Crippen LogP contribution in [0.3, 0.4) is 0 Å². The first kappa shape index (κ1) is 11.6. The topological polar surface area (TPSA) is 33.3 Å². The second-order valence-corrected chi connectivity index (χ2v) is 4.61. The van der Waals surface area contributed by atoms with E-state index in [4.69, 9.17) is 16.3 Å². The summed E-state index contributed by atoms with van der Waals surface area (Å²) in [7, 11) is 1.63. The summed E-state index contributed by atoms with van der Waals surface area (Å²) in [6.07, 6.45) is 0. The summed E-state index contributed by atoms with van der Waals surface area (Å²) in [6, 6.07) is 3.89. The molecule has 0 spiro atoms. The SMILES string of the molecule is COc1cc(C)c(NCC2CNC2)cc1Cl. The lowest BCUT2D eigenvalue weighted by atomic mass is 10.0. The van der Waals surface area contributed by atoms with Gasteiger partial charge in [-0.25, -0.2) is 0 Å². The van der Waals surface area contributed by atoms with E-state index in [1.165, 1.54) is 0 Å². The number of hydrogen-bond acceptors (Lipinski definition) is 3. The van der Waals surface area contributed by atoms with Crippen molar-refractivity contribution in [3.05, 3.63) is 22.7 Å². The number of ether oxygens (including phenoxy) is 1. The Balaban J connectivity index is 2.04. The molecule has 3 nitrogen and oxygen atoms in total. The lowest BCUT2D eigenvalue weighted by Gasteiger charge is -2.28. The zero-order chi connectivity index (χ0) is 11.5. The molecule has 1 saturated heterocycles. The van der Waals surface area contributed by atoms with Gasteiger partial charge in [-0.3, -0.25) is 0 Å². The Morgan fingerprint density at radius 2 is 2.25 bits per heavy atom. The summed E-state index contributed by atoms with van der Waals surface area (Å²) in [6.45, 7) is 5.27. The molecule has 0 amide bonds. The van der Waals surface area contributed by atoms with E-state index >= 15 is 0 Å². The van der Waals surface area contributed by atoms with Gasteiger partial charge in [0.25, 0.3) is 0 Å². The van der Waals surface area contributed by atoms with Gasteiger partial charge in [-0.2, -0.15) is 0 Å². The standard InChI is InChI=1S/C12H17ClN2O/c1-8-3-12(16-2)10(13)4-11(8)15-7-9-5-14-6-9/h3-4,9,14-15H,5-7H2,1-2H3. The Kier molecular flexibility index (Phi) is 3.56. The van der Waals surface area contributed by atoms with Gasteiger partial charge in [0.15, 0.2) is 0 Å². The van der Waals surface area contributed by atoms with Crippen LogP contribution in [0.5, 0.6) is 5.75 Å². The summed E-state index contributed by atoms with van der Waals surface area (Å²) >= 11 is 6.09. The van der Waals surface area contributed by atoms with E-state index in [1.807, 2.05) is 12.1 Å². The molecule has 1 aromatic carbocycles. The quantitative estimate of drug-likeness (QED) is 0.847. The number of anilines is 1. The van der Waals surface area contributed by atoms with Crippen LogP contribution in [0.2, 0.25) is 5.02 Å². The van der Waals surface area contributed by atoms with Gasteiger partial charge in [-0.15, -0.1) is 0 Å². The van der Waals surface area contributed by atoms with Gasteiger partial charge in [0, 0.05) is 31.2 Å². The van der Waals surface area contributed by atoms with Crippen molar-refractivity contribution < 1.29 is 4.74 Å². The molecule has 0 atom stereocenters. The number of benzene rings is 1. The second kappa shape index (κ2) is 4.93. The van der Waals surface area contributed by atoms with Gasteiger partial charge in [0.1, 0.15) is 5.75 Å². The van der Waals surface area contributed by atoms with Crippen molar-refractivity contribution in [3.8, 4) is 5.75 Å². The Labute approximate surface area is 101 Å². The maximum Gasteiger partial charge on any atom is 0.137 e. The minimum absolute atomic E-state index is 0.655. The van der Waals surface area contributed by atoms with Crippen molar-refractivity contribution in [2.75, 3.05) is 32.1 Å². The van der Waals surface area contributed by atoms with Crippen LogP contribution >= 0.6 is 11.6 Å². The van der Waals surface area contributed by atoms with Crippen LogP contribution in [-0.2, 0) is 0 Å². The third-order valence-electron chi connectivity index (χ3n) is 2.95. The Morgan fingerprint density at radius 3 is 2.81 bits per heavy atom. The molecule has 1 aliphatic rings. The van der Waals surface area contributed by atoms with Crippen molar-refractivity contribution >= 4 is 17.3 Å². The number of methoxy groups -OCH3 is 1. The molecule has 0 aliphatic carbocycles. The summed E-state index contributed by atoms with van der Waals surface area (Å²) in [5, 5.41) is 7.34. The first-order valence-corrected chi connectivity index (χ1v) is 5.87. The maximum absolute atomic E-state index is 6.09. The minimum Gasteiger partial charge on any atom is -0.495 e. The highest BCUT2D eigenvalue weighted by atomic mass is 35.5. The van der Waals surface area contributed by atoms with Crippen LogP contribution in [-0.4, -0.2) is 26.7 Å². The third kappa shape index (κ3) is 2.42. The molecular weight excluding hydrogens is 224 g/mol. The van der Waals surface area contributed by atoms with Gasteiger partial charge < -0.3 is 15.4 Å². The number of rotatable bonds is 4. The fourth-order valence-electron chi connectivity index (χ4n) is 1.75. The Morgan fingerprint density at radius 1 is 1.50 bits per heavy atom. The van der Waals surface area contributed by atoms with E-state index in [1.54, 1.807) is 7.11 Å². The van der Waals surface area contributed by atoms with Crippen molar-refractivity contribution in [1.29, 1.82) is 0 Å². The number of aryl methyl sites for hydroxylation is 1. The van der Waals surface area contributed by atoms with Crippen molar-refractivity contribution in [2.45, 2.75) is 6.92 Å². The molecule has 1 aliphatic heterocycles. The van der Waals surface area contributed by atoms with Crippen LogP contribution in [0.4, 0.5) is 5.69 Å². The van der Waals surface area contributed by atoms with Crippen LogP contribution in [0.15, 0.2) is 12.1 Å². The monoisotopic (exact) mass is 240 g/mol. The highest BCUT2D eigenvalue weighted by Gasteiger charge is 2.16. The fourth-order valence-corrected chi connectivity index (χ4v) is 1.99. The molecule has 4 heteroatoms. The Hall–Kier alpha value is -0.930. The predicted molar refractivity (Wildman–Crippen MR) is 67.6 cm³/mol. The molecule has 1 fully saturated rings. The maximum atomic E-state index is 6.09. The largest absolute Gasteiger partial charge is 0.495 e. The summed E-state index contributed by atoms with van der Waals surface area (Å²) < 4.78 is 5.17. The molecule has 0 radical (unpaired) electrons. The van der Waals surface area contributed by atoms with E-state index in [0.29, 0.717) is 5.02 Å². The molecule has 1 aromatic rings. The lowest BCUT2D eigenvalue weighted by molar-refractivity contribution is 0.365.